The maximum Gasteiger partial charge on any atom is 0.225 e. The van der Waals surface area contributed by atoms with Crippen LogP contribution in [0.5, 0.6) is 0 Å². The zero-order valence-electron chi connectivity index (χ0n) is 7.10. The SMILES string of the molecule is NCCSCc1nc(N)nc(N)n1. The van der Waals surface area contributed by atoms with Crippen LogP contribution >= 0.6 is 11.8 Å². The molecule has 0 fully saturated rings. The monoisotopic (exact) mass is 200 g/mol. The second-order valence-electron chi connectivity index (χ2n) is 2.31. The first-order valence-electron chi connectivity index (χ1n) is 3.76. The zero-order valence-corrected chi connectivity index (χ0v) is 7.92. The third kappa shape index (κ3) is 3.43. The maximum atomic E-state index is 5.39. The van der Waals surface area contributed by atoms with Crippen LogP contribution < -0.4 is 17.2 Å². The minimum absolute atomic E-state index is 0.163. The number of nitrogens with two attached hydrogens (primary N) is 3. The molecule has 0 aliphatic rings. The molecule has 0 aliphatic carbocycles. The summed E-state index contributed by atoms with van der Waals surface area (Å²) in [6, 6.07) is 0. The largest absolute Gasteiger partial charge is 0.368 e. The minimum atomic E-state index is 0.163. The van der Waals surface area contributed by atoms with E-state index in [1.165, 1.54) is 0 Å². The number of thioether (sulfide) groups is 1. The highest BCUT2D eigenvalue weighted by Crippen LogP contribution is 2.08. The predicted molar refractivity (Wildman–Crippen MR) is 53.9 cm³/mol. The molecule has 13 heavy (non-hydrogen) atoms. The predicted octanol–water partition coefficient (Wildman–Crippen LogP) is -0.772. The van der Waals surface area contributed by atoms with Crippen molar-refractivity contribution >= 4 is 23.7 Å². The standard InChI is InChI=1S/C6H12N6S/c7-1-2-13-3-4-10-5(8)12-6(9)11-4/h1-3,7H2,(H4,8,9,10,11,12). The summed E-state index contributed by atoms with van der Waals surface area (Å²) in [6.07, 6.45) is 0. The number of nitrogen functional groups attached to an aromatic ring is 2. The number of nitrogens with zero attached hydrogens (tertiary/aromatic N) is 3. The topological polar surface area (TPSA) is 117 Å². The molecule has 0 radical (unpaired) electrons. The van der Waals surface area contributed by atoms with Gasteiger partial charge in [-0.3, -0.25) is 0 Å². The Morgan fingerprint density at radius 1 is 1.08 bits per heavy atom. The van der Waals surface area contributed by atoms with Crippen LogP contribution in [0.15, 0.2) is 0 Å². The number of aromatic nitrogens is 3. The van der Waals surface area contributed by atoms with Crippen LogP contribution in [0.1, 0.15) is 5.82 Å². The van der Waals surface area contributed by atoms with E-state index in [1.807, 2.05) is 0 Å². The number of hydrogen-bond donors (Lipinski definition) is 3. The first-order valence-corrected chi connectivity index (χ1v) is 4.91. The van der Waals surface area contributed by atoms with Gasteiger partial charge in [-0.25, -0.2) is 0 Å². The minimum Gasteiger partial charge on any atom is -0.368 e. The van der Waals surface area contributed by atoms with E-state index in [-0.39, 0.29) is 11.9 Å². The summed E-state index contributed by atoms with van der Waals surface area (Å²) >= 11 is 1.63. The molecular formula is C6H12N6S. The summed E-state index contributed by atoms with van der Waals surface area (Å²) in [5, 5.41) is 0. The Kier molecular flexibility index (Phi) is 3.71. The summed E-state index contributed by atoms with van der Waals surface area (Å²) in [5.74, 6) is 2.45. The van der Waals surface area contributed by atoms with Gasteiger partial charge in [0.05, 0.1) is 5.75 Å². The first-order chi connectivity index (χ1) is 6.22. The van der Waals surface area contributed by atoms with Gasteiger partial charge < -0.3 is 17.2 Å². The highest BCUT2D eigenvalue weighted by Gasteiger charge is 2.00. The summed E-state index contributed by atoms with van der Waals surface area (Å²) in [7, 11) is 0. The molecule has 1 heterocycles. The highest BCUT2D eigenvalue weighted by molar-refractivity contribution is 7.98. The van der Waals surface area contributed by atoms with E-state index in [9.17, 15) is 0 Å². The Morgan fingerprint density at radius 2 is 1.69 bits per heavy atom. The average molecular weight is 200 g/mol. The number of rotatable bonds is 4. The molecule has 0 amide bonds. The van der Waals surface area contributed by atoms with Crippen LogP contribution in [0.2, 0.25) is 0 Å². The molecule has 72 valence electrons. The van der Waals surface area contributed by atoms with Crippen molar-refractivity contribution in [3.63, 3.8) is 0 Å². The molecule has 0 aliphatic heterocycles. The fourth-order valence-electron chi connectivity index (χ4n) is 0.768. The lowest BCUT2D eigenvalue weighted by atomic mass is 10.7. The molecule has 7 heteroatoms. The molecule has 0 unspecified atom stereocenters. The smallest absolute Gasteiger partial charge is 0.225 e. The van der Waals surface area contributed by atoms with Crippen molar-refractivity contribution in [1.29, 1.82) is 0 Å². The Labute approximate surface area is 80.3 Å². The zero-order chi connectivity index (χ0) is 9.68. The van der Waals surface area contributed by atoms with Gasteiger partial charge in [-0.2, -0.15) is 26.7 Å². The van der Waals surface area contributed by atoms with E-state index in [0.29, 0.717) is 18.1 Å². The highest BCUT2D eigenvalue weighted by atomic mass is 32.2. The number of anilines is 2. The second kappa shape index (κ2) is 4.83. The number of hydrogen-bond acceptors (Lipinski definition) is 7. The van der Waals surface area contributed by atoms with Crippen LogP contribution in [0.3, 0.4) is 0 Å². The molecule has 0 aromatic carbocycles. The van der Waals surface area contributed by atoms with Crippen LogP contribution in [-0.2, 0) is 5.75 Å². The quantitative estimate of drug-likeness (QED) is 0.546. The molecule has 1 aromatic rings. The lowest BCUT2D eigenvalue weighted by Gasteiger charge is -2.00. The Morgan fingerprint density at radius 3 is 2.23 bits per heavy atom. The van der Waals surface area contributed by atoms with Crippen molar-refractivity contribution in [3.05, 3.63) is 5.82 Å². The van der Waals surface area contributed by atoms with E-state index in [4.69, 9.17) is 17.2 Å². The van der Waals surface area contributed by atoms with E-state index in [0.717, 1.165) is 5.75 Å². The van der Waals surface area contributed by atoms with E-state index in [2.05, 4.69) is 15.0 Å². The van der Waals surface area contributed by atoms with Crippen molar-refractivity contribution in [2.75, 3.05) is 23.8 Å². The van der Waals surface area contributed by atoms with Gasteiger partial charge >= 0.3 is 0 Å². The van der Waals surface area contributed by atoms with Gasteiger partial charge in [0.25, 0.3) is 0 Å². The van der Waals surface area contributed by atoms with Crippen LogP contribution in [0, 0.1) is 0 Å². The average Bonchev–Trinajstić information content (AvgIpc) is 2.03. The van der Waals surface area contributed by atoms with Crippen LogP contribution in [-0.4, -0.2) is 27.2 Å². The van der Waals surface area contributed by atoms with Crippen LogP contribution in [0.25, 0.3) is 0 Å². The fraction of sp³-hybridized carbons (Fsp3) is 0.500. The van der Waals surface area contributed by atoms with Gasteiger partial charge in [-0.05, 0) is 0 Å². The van der Waals surface area contributed by atoms with Crippen molar-refractivity contribution in [1.82, 2.24) is 15.0 Å². The fourth-order valence-corrected chi connectivity index (χ4v) is 1.39. The lowest BCUT2D eigenvalue weighted by Crippen LogP contribution is -2.07. The third-order valence-corrected chi connectivity index (χ3v) is 2.20. The van der Waals surface area contributed by atoms with Gasteiger partial charge in [0.2, 0.25) is 11.9 Å². The Balaban J connectivity index is 2.56. The first kappa shape index (κ1) is 10.0. The second-order valence-corrected chi connectivity index (χ2v) is 3.41. The molecule has 0 bridgehead atoms. The summed E-state index contributed by atoms with van der Waals surface area (Å²) < 4.78 is 0. The van der Waals surface area contributed by atoms with E-state index in [1.54, 1.807) is 11.8 Å². The summed E-state index contributed by atoms with van der Waals surface area (Å²) in [6.45, 7) is 0.640. The van der Waals surface area contributed by atoms with Gasteiger partial charge in [0.15, 0.2) is 0 Å². The van der Waals surface area contributed by atoms with Gasteiger partial charge in [0.1, 0.15) is 5.82 Å². The van der Waals surface area contributed by atoms with E-state index < -0.39 is 0 Å². The van der Waals surface area contributed by atoms with Gasteiger partial charge in [-0.1, -0.05) is 0 Å². The van der Waals surface area contributed by atoms with Crippen LogP contribution in [0.4, 0.5) is 11.9 Å². The molecule has 0 saturated heterocycles. The third-order valence-electron chi connectivity index (χ3n) is 1.21. The molecular weight excluding hydrogens is 188 g/mol. The Hall–Kier alpha value is -1.08. The molecule has 0 spiro atoms. The Bertz CT molecular complexity index is 258. The molecule has 0 saturated carbocycles. The van der Waals surface area contributed by atoms with Crippen molar-refractivity contribution in [3.8, 4) is 0 Å². The van der Waals surface area contributed by atoms with Gasteiger partial charge in [0, 0.05) is 12.3 Å². The van der Waals surface area contributed by atoms with Crippen molar-refractivity contribution in [2.45, 2.75) is 5.75 Å². The molecule has 1 aromatic heterocycles. The molecule has 0 atom stereocenters. The molecule has 1 rings (SSSR count). The normalized spacial score (nSPS) is 10.2. The summed E-state index contributed by atoms with van der Waals surface area (Å²) in [5.41, 5.74) is 16.1. The van der Waals surface area contributed by atoms with Crippen molar-refractivity contribution in [2.24, 2.45) is 5.73 Å². The van der Waals surface area contributed by atoms with Crippen molar-refractivity contribution < 1.29 is 0 Å². The van der Waals surface area contributed by atoms with Gasteiger partial charge in [-0.15, -0.1) is 0 Å². The lowest BCUT2D eigenvalue weighted by molar-refractivity contribution is 0.986. The summed E-state index contributed by atoms with van der Waals surface area (Å²) in [4.78, 5) is 11.5. The maximum absolute atomic E-state index is 5.39. The van der Waals surface area contributed by atoms with E-state index >= 15 is 0 Å². The molecule has 6 N–H and O–H groups in total. The molecule has 6 nitrogen and oxygen atoms in total.